The van der Waals surface area contributed by atoms with Crippen LogP contribution in [0.5, 0.6) is 0 Å². The molecule has 1 aliphatic carbocycles. The van der Waals surface area contributed by atoms with Crippen molar-refractivity contribution in [3.63, 3.8) is 0 Å². The van der Waals surface area contributed by atoms with Crippen molar-refractivity contribution >= 4 is 5.97 Å². The van der Waals surface area contributed by atoms with E-state index in [9.17, 15) is 4.79 Å². The summed E-state index contributed by atoms with van der Waals surface area (Å²) in [5, 5.41) is 8.79. The molecule has 2 nitrogen and oxygen atoms in total. The van der Waals surface area contributed by atoms with Gasteiger partial charge in [-0.05, 0) is 18.8 Å². The van der Waals surface area contributed by atoms with Crippen LogP contribution in [0.3, 0.4) is 0 Å². The van der Waals surface area contributed by atoms with Gasteiger partial charge in [-0.2, -0.15) is 0 Å². The lowest BCUT2D eigenvalue weighted by Crippen LogP contribution is -1.99. The smallest absolute Gasteiger partial charge is 0.306 e. The molecule has 2 atom stereocenters. The summed E-state index contributed by atoms with van der Waals surface area (Å²) < 4.78 is 0. The van der Waals surface area contributed by atoms with E-state index in [0.29, 0.717) is 5.92 Å². The van der Waals surface area contributed by atoms with Crippen LogP contribution in [0, 0.1) is 11.8 Å². The average Bonchev–Trinajstić information content (AvgIpc) is 3.11. The predicted molar refractivity (Wildman–Crippen MR) is 75.7 cm³/mol. The second-order valence-corrected chi connectivity index (χ2v) is 5.91. The predicted octanol–water partition coefficient (Wildman–Crippen LogP) is 5.02. The van der Waals surface area contributed by atoms with E-state index in [0.717, 1.165) is 12.8 Å². The first-order valence-corrected chi connectivity index (χ1v) is 7.98. The molecular formula is C16H30O2. The molecule has 1 saturated carbocycles. The Morgan fingerprint density at radius 3 is 1.89 bits per heavy atom. The number of hydrogen-bond acceptors (Lipinski definition) is 1. The zero-order valence-electron chi connectivity index (χ0n) is 12.0. The molecule has 2 heteroatoms. The van der Waals surface area contributed by atoms with Gasteiger partial charge in [0.2, 0.25) is 0 Å². The molecule has 0 saturated heterocycles. The highest BCUT2D eigenvalue weighted by Gasteiger charge is 2.42. The van der Waals surface area contributed by atoms with Crippen LogP contribution in [0.15, 0.2) is 0 Å². The minimum atomic E-state index is -0.577. The van der Waals surface area contributed by atoms with Crippen molar-refractivity contribution in [2.75, 3.05) is 0 Å². The summed E-state index contributed by atoms with van der Waals surface area (Å²) >= 11 is 0. The van der Waals surface area contributed by atoms with Crippen molar-refractivity contribution in [1.82, 2.24) is 0 Å². The summed E-state index contributed by atoms with van der Waals surface area (Å²) in [5.74, 6) is -0.0628. The Kier molecular flexibility index (Phi) is 8.11. The molecule has 2 unspecified atom stereocenters. The summed E-state index contributed by atoms with van der Waals surface area (Å²) in [6.07, 6.45) is 15.7. The lowest BCUT2D eigenvalue weighted by atomic mass is 10.0. The third kappa shape index (κ3) is 7.03. The van der Waals surface area contributed by atoms with Gasteiger partial charge >= 0.3 is 5.97 Å². The highest BCUT2D eigenvalue weighted by Crippen LogP contribution is 2.42. The molecule has 0 spiro atoms. The molecule has 0 aromatic carbocycles. The average molecular weight is 254 g/mol. The maximum Gasteiger partial charge on any atom is 0.306 e. The van der Waals surface area contributed by atoms with Gasteiger partial charge in [-0.3, -0.25) is 4.79 Å². The van der Waals surface area contributed by atoms with Crippen LogP contribution in [-0.2, 0) is 4.79 Å². The van der Waals surface area contributed by atoms with E-state index in [2.05, 4.69) is 6.92 Å². The summed E-state index contributed by atoms with van der Waals surface area (Å²) in [6, 6.07) is 0. The molecule has 1 fully saturated rings. The minimum Gasteiger partial charge on any atom is -0.481 e. The molecule has 0 aliphatic heterocycles. The molecule has 0 aromatic heterocycles. The topological polar surface area (TPSA) is 37.3 Å². The van der Waals surface area contributed by atoms with Crippen molar-refractivity contribution in [3.05, 3.63) is 0 Å². The lowest BCUT2D eigenvalue weighted by molar-refractivity contribution is -0.138. The Morgan fingerprint density at radius 2 is 1.44 bits per heavy atom. The fourth-order valence-electron chi connectivity index (χ4n) is 2.76. The molecule has 0 heterocycles. The largest absolute Gasteiger partial charge is 0.481 e. The first kappa shape index (κ1) is 15.5. The van der Waals surface area contributed by atoms with Gasteiger partial charge in [-0.15, -0.1) is 0 Å². The molecule has 1 aliphatic rings. The SMILES string of the molecule is CCCCCCCCCCCCC1CC1C(=O)O. The Labute approximate surface area is 112 Å². The van der Waals surface area contributed by atoms with Crippen molar-refractivity contribution in [2.24, 2.45) is 11.8 Å². The van der Waals surface area contributed by atoms with E-state index in [1.54, 1.807) is 0 Å². The van der Waals surface area contributed by atoms with E-state index in [4.69, 9.17) is 5.11 Å². The molecule has 0 radical (unpaired) electrons. The van der Waals surface area contributed by atoms with Gasteiger partial charge in [-0.25, -0.2) is 0 Å². The fourth-order valence-corrected chi connectivity index (χ4v) is 2.76. The monoisotopic (exact) mass is 254 g/mol. The number of unbranched alkanes of at least 4 members (excludes halogenated alkanes) is 9. The van der Waals surface area contributed by atoms with Crippen LogP contribution in [0.25, 0.3) is 0 Å². The first-order chi connectivity index (χ1) is 8.75. The molecule has 106 valence electrons. The van der Waals surface area contributed by atoms with Crippen LogP contribution >= 0.6 is 0 Å². The standard InChI is InChI=1S/C16H30O2/c1-2-3-4-5-6-7-8-9-10-11-12-14-13-15(14)16(17)18/h14-15H,2-13H2,1H3,(H,17,18). The Balaban J connectivity index is 1.73. The van der Waals surface area contributed by atoms with Crippen LogP contribution in [0.1, 0.15) is 84.0 Å². The molecule has 18 heavy (non-hydrogen) atoms. The van der Waals surface area contributed by atoms with Crippen molar-refractivity contribution < 1.29 is 9.90 Å². The second-order valence-electron chi connectivity index (χ2n) is 5.91. The molecule has 0 aromatic rings. The summed E-state index contributed by atoms with van der Waals surface area (Å²) in [4.78, 5) is 10.7. The van der Waals surface area contributed by atoms with Gasteiger partial charge in [0.25, 0.3) is 0 Å². The van der Waals surface area contributed by atoms with Crippen molar-refractivity contribution in [3.8, 4) is 0 Å². The lowest BCUT2D eigenvalue weighted by Gasteiger charge is -2.02. The molecule has 0 bridgehead atoms. The second kappa shape index (κ2) is 9.41. The minimum absolute atomic E-state index is 0.00330. The molecule has 1 rings (SSSR count). The normalized spacial score (nSPS) is 22.1. The number of carbonyl (C=O) groups is 1. The summed E-state index contributed by atoms with van der Waals surface area (Å²) in [7, 11) is 0. The van der Waals surface area contributed by atoms with Gasteiger partial charge in [0.15, 0.2) is 0 Å². The highest BCUT2D eigenvalue weighted by atomic mass is 16.4. The zero-order chi connectivity index (χ0) is 13.2. The van der Waals surface area contributed by atoms with Gasteiger partial charge < -0.3 is 5.11 Å². The van der Waals surface area contributed by atoms with Crippen LogP contribution in [0.4, 0.5) is 0 Å². The molecule has 0 amide bonds. The van der Waals surface area contributed by atoms with Gasteiger partial charge in [0, 0.05) is 0 Å². The maximum atomic E-state index is 10.7. The Bertz CT molecular complexity index is 225. The molecular weight excluding hydrogens is 224 g/mol. The number of rotatable bonds is 12. The van der Waals surface area contributed by atoms with E-state index in [1.807, 2.05) is 0 Å². The highest BCUT2D eigenvalue weighted by molar-refractivity contribution is 5.73. The van der Waals surface area contributed by atoms with E-state index in [1.165, 1.54) is 64.2 Å². The summed E-state index contributed by atoms with van der Waals surface area (Å²) in [5.41, 5.74) is 0. The number of carboxylic acid groups (broad SMARTS) is 1. The quantitative estimate of drug-likeness (QED) is 0.497. The van der Waals surface area contributed by atoms with E-state index < -0.39 is 5.97 Å². The van der Waals surface area contributed by atoms with Crippen LogP contribution in [0.2, 0.25) is 0 Å². The zero-order valence-corrected chi connectivity index (χ0v) is 12.0. The first-order valence-electron chi connectivity index (χ1n) is 7.98. The van der Waals surface area contributed by atoms with E-state index in [-0.39, 0.29) is 5.92 Å². The van der Waals surface area contributed by atoms with Crippen molar-refractivity contribution in [1.29, 1.82) is 0 Å². The van der Waals surface area contributed by atoms with Gasteiger partial charge in [-0.1, -0.05) is 71.1 Å². The molecule has 1 N–H and O–H groups in total. The fraction of sp³-hybridized carbons (Fsp3) is 0.938. The Morgan fingerprint density at radius 1 is 0.944 bits per heavy atom. The van der Waals surface area contributed by atoms with E-state index >= 15 is 0 Å². The number of aliphatic carboxylic acids is 1. The van der Waals surface area contributed by atoms with Gasteiger partial charge in [0.1, 0.15) is 0 Å². The van der Waals surface area contributed by atoms with Crippen LogP contribution in [-0.4, -0.2) is 11.1 Å². The number of carboxylic acids is 1. The summed E-state index contributed by atoms with van der Waals surface area (Å²) in [6.45, 7) is 2.26. The van der Waals surface area contributed by atoms with Crippen LogP contribution < -0.4 is 0 Å². The third-order valence-electron chi connectivity index (χ3n) is 4.17. The van der Waals surface area contributed by atoms with Gasteiger partial charge in [0.05, 0.1) is 5.92 Å². The number of hydrogen-bond donors (Lipinski definition) is 1. The Hall–Kier alpha value is -0.530. The van der Waals surface area contributed by atoms with Crippen molar-refractivity contribution in [2.45, 2.75) is 84.0 Å². The third-order valence-corrected chi connectivity index (χ3v) is 4.17. The maximum absolute atomic E-state index is 10.7.